The van der Waals surface area contributed by atoms with Gasteiger partial charge >= 0.3 is 5.69 Å². The van der Waals surface area contributed by atoms with Crippen molar-refractivity contribution in [2.75, 3.05) is 43.0 Å². The molecule has 178 valence electrons. The standard InChI is InChI=1S/C27H27N5O3/c1-29(14-15-31-12-3-4-13-31)22-11-9-20-24-18(22)6-5-7-19(24)25(33)32(26(20)34)17-8-10-21-23(16-17)30(2)27(35)28-21/h5-11,16H,3-4,12-15H2,1-2H3,(H,28,35). The molecule has 1 N–H and O–H groups in total. The molecule has 0 bridgehead atoms. The first-order valence-corrected chi connectivity index (χ1v) is 12.0. The Kier molecular flexibility index (Phi) is 5.00. The van der Waals surface area contributed by atoms with E-state index in [1.165, 1.54) is 22.3 Å². The molecule has 0 aliphatic carbocycles. The van der Waals surface area contributed by atoms with E-state index >= 15 is 0 Å². The van der Waals surface area contributed by atoms with Crippen molar-refractivity contribution in [2.45, 2.75) is 12.8 Å². The first kappa shape index (κ1) is 21.6. The van der Waals surface area contributed by atoms with Gasteiger partial charge in [-0.25, -0.2) is 9.69 Å². The average Bonchev–Trinajstić information content (AvgIpc) is 3.49. The third kappa shape index (κ3) is 3.36. The van der Waals surface area contributed by atoms with Crippen molar-refractivity contribution in [3.8, 4) is 0 Å². The lowest BCUT2D eigenvalue weighted by molar-refractivity contribution is 0.0893. The Morgan fingerprint density at radius 1 is 0.943 bits per heavy atom. The number of aromatic amines is 1. The highest BCUT2D eigenvalue weighted by Gasteiger charge is 2.35. The second-order valence-electron chi connectivity index (χ2n) is 9.47. The monoisotopic (exact) mass is 469 g/mol. The molecule has 8 heteroatoms. The van der Waals surface area contributed by atoms with E-state index in [-0.39, 0.29) is 17.5 Å². The zero-order chi connectivity index (χ0) is 24.3. The van der Waals surface area contributed by atoms with Crippen LogP contribution in [0.2, 0.25) is 0 Å². The number of imide groups is 1. The number of H-pyrrole nitrogens is 1. The molecule has 3 aromatic carbocycles. The molecule has 2 aliphatic rings. The normalized spacial score (nSPS) is 16.1. The maximum Gasteiger partial charge on any atom is 0.326 e. The zero-order valence-electron chi connectivity index (χ0n) is 19.9. The van der Waals surface area contributed by atoms with Crippen LogP contribution in [0.4, 0.5) is 11.4 Å². The van der Waals surface area contributed by atoms with Gasteiger partial charge in [0.05, 0.1) is 16.7 Å². The number of hydrogen-bond acceptors (Lipinski definition) is 5. The van der Waals surface area contributed by atoms with E-state index in [4.69, 9.17) is 0 Å². The Morgan fingerprint density at radius 2 is 1.69 bits per heavy atom. The molecular formula is C27H27N5O3. The van der Waals surface area contributed by atoms with E-state index in [1.807, 2.05) is 24.3 Å². The van der Waals surface area contributed by atoms with Crippen molar-refractivity contribution in [3.05, 3.63) is 70.1 Å². The second-order valence-corrected chi connectivity index (χ2v) is 9.47. The first-order valence-electron chi connectivity index (χ1n) is 12.0. The molecular weight excluding hydrogens is 442 g/mol. The molecule has 1 fully saturated rings. The predicted octanol–water partition coefficient (Wildman–Crippen LogP) is 3.35. The molecule has 0 atom stereocenters. The van der Waals surface area contributed by atoms with E-state index in [9.17, 15) is 14.4 Å². The van der Waals surface area contributed by atoms with Gasteiger partial charge in [-0.15, -0.1) is 0 Å². The van der Waals surface area contributed by atoms with Crippen LogP contribution in [-0.2, 0) is 7.05 Å². The summed E-state index contributed by atoms with van der Waals surface area (Å²) in [6, 6.07) is 14.6. The number of carbonyl (C=O) groups excluding carboxylic acids is 2. The van der Waals surface area contributed by atoms with Gasteiger partial charge in [0.2, 0.25) is 0 Å². The largest absolute Gasteiger partial charge is 0.373 e. The van der Waals surface area contributed by atoms with Crippen LogP contribution in [0.15, 0.2) is 53.3 Å². The number of fused-ring (bicyclic) bond motifs is 1. The summed E-state index contributed by atoms with van der Waals surface area (Å²) in [5, 5.41) is 1.62. The minimum Gasteiger partial charge on any atom is -0.373 e. The summed E-state index contributed by atoms with van der Waals surface area (Å²) in [4.78, 5) is 47.9. The van der Waals surface area contributed by atoms with Crippen LogP contribution in [0.1, 0.15) is 33.6 Å². The Morgan fingerprint density at radius 3 is 2.46 bits per heavy atom. The highest BCUT2D eigenvalue weighted by Crippen LogP contribution is 2.37. The Balaban J connectivity index is 1.40. The van der Waals surface area contributed by atoms with Crippen molar-refractivity contribution >= 4 is 45.0 Å². The lowest BCUT2D eigenvalue weighted by Gasteiger charge is -2.30. The third-order valence-electron chi connectivity index (χ3n) is 7.39. The summed E-state index contributed by atoms with van der Waals surface area (Å²) in [6.07, 6.45) is 2.53. The predicted molar refractivity (Wildman–Crippen MR) is 138 cm³/mol. The lowest BCUT2D eigenvalue weighted by Crippen LogP contribution is -2.40. The number of amides is 2. The molecule has 4 aromatic rings. The fraction of sp³-hybridized carbons (Fsp3) is 0.296. The number of rotatable bonds is 5. The molecule has 2 amide bonds. The Bertz CT molecular complexity index is 1540. The quantitative estimate of drug-likeness (QED) is 0.454. The minimum atomic E-state index is -0.357. The van der Waals surface area contributed by atoms with Crippen molar-refractivity contribution in [3.63, 3.8) is 0 Å². The van der Waals surface area contributed by atoms with Crippen LogP contribution in [-0.4, -0.2) is 59.5 Å². The van der Waals surface area contributed by atoms with Crippen LogP contribution < -0.4 is 15.5 Å². The van der Waals surface area contributed by atoms with E-state index < -0.39 is 0 Å². The fourth-order valence-corrected chi connectivity index (χ4v) is 5.42. The van der Waals surface area contributed by atoms with E-state index in [0.717, 1.165) is 37.3 Å². The Labute approximate surface area is 202 Å². The average molecular weight is 470 g/mol. The van der Waals surface area contributed by atoms with Crippen LogP contribution in [0, 0.1) is 0 Å². The number of anilines is 2. The zero-order valence-corrected chi connectivity index (χ0v) is 19.9. The number of aryl methyl sites for hydroxylation is 1. The van der Waals surface area contributed by atoms with Gasteiger partial charge in [0.1, 0.15) is 0 Å². The summed E-state index contributed by atoms with van der Waals surface area (Å²) < 4.78 is 1.47. The molecule has 0 unspecified atom stereocenters. The number of carbonyl (C=O) groups is 2. The number of nitrogens with one attached hydrogen (secondary N) is 1. The van der Waals surface area contributed by atoms with Gasteiger partial charge in [-0.3, -0.25) is 14.2 Å². The number of aromatic nitrogens is 2. The number of imidazole rings is 1. The summed E-state index contributed by atoms with van der Waals surface area (Å²) in [5.74, 6) is -0.713. The minimum absolute atomic E-state index is 0.245. The second kappa shape index (κ2) is 8.09. The molecule has 2 aliphatic heterocycles. The van der Waals surface area contributed by atoms with Gasteiger partial charge in [-0.05, 0) is 62.3 Å². The van der Waals surface area contributed by atoms with Crippen molar-refractivity contribution in [1.29, 1.82) is 0 Å². The molecule has 8 nitrogen and oxygen atoms in total. The SMILES string of the molecule is CN(CCN1CCCC1)c1ccc2c3c(cccc13)C(=O)N(c1ccc3[nH]c(=O)n(C)c3c1)C2=O. The van der Waals surface area contributed by atoms with Crippen LogP contribution in [0.25, 0.3) is 21.8 Å². The van der Waals surface area contributed by atoms with Crippen LogP contribution in [0.5, 0.6) is 0 Å². The van der Waals surface area contributed by atoms with E-state index in [2.05, 4.69) is 21.8 Å². The maximum atomic E-state index is 13.6. The molecule has 6 rings (SSSR count). The van der Waals surface area contributed by atoms with Crippen molar-refractivity contribution in [1.82, 2.24) is 14.5 Å². The maximum absolute atomic E-state index is 13.6. The number of hydrogen-bond donors (Lipinski definition) is 1. The van der Waals surface area contributed by atoms with Crippen LogP contribution >= 0.6 is 0 Å². The fourth-order valence-electron chi connectivity index (χ4n) is 5.42. The number of likely N-dealkylation sites (N-methyl/N-ethyl adjacent to an activating group) is 1. The smallest absolute Gasteiger partial charge is 0.326 e. The molecule has 1 aromatic heterocycles. The lowest BCUT2D eigenvalue weighted by atomic mass is 9.92. The van der Waals surface area contributed by atoms with Crippen LogP contribution in [0.3, 0.4) is 0 Å². The van der Waals surface area contributed by atoms with Crippen molar-refractivity contribution < 1.29 is 9.59 Å². The van der Waals surface area contributed by atoms with Crippen molar-refractivity contribution in [2.24, 2.45) is 7.05 Å². The Hall–Kier alpha value is -3.91. The third-order valence-corrected chi connectivity index (χ3v) is 7.39. The molecule has 0 radical (unpaired) electrons. The molecule has 3 heterocycles. The van der Waals surface area contributed by atoms with E-state index in [1.54, 1.807) is 31.3 Å². The van der Waals surface area contributed by atoms with Gasteiger partial charge in [0, 0.05) is 54.8 Å². The summed E-state index contributed by atoms with van der Waals surface area (Å²) in [5.41, 5.74) is 3.52. The molecule has 1 saturated heterocycles. The summed E-state index contributed by atoms with van der Waals surface area (Å²) in [7, 11) is 3.72. The van der Waals surface area contributed by atoms with Gasteiger partial charge in [0.15, 0.2) is 0 Å². The molecule has 35 heavy (non-hydrogen) atoms. The van der Waals surface area contributed by atoms with Gasteiger partial charge in [-0.2, -0.15) is 0 Å². The van der Waals surface area contributed by atoms with Gasteiger partial charge in [-0.1, -0.05) is 12.1 Å². The summed E-state index contributed by atoms with van der Waals surface area (Å²) in [6.45, 7) is 4.18. The number of likely N-dealkylation sites (tertiary alicyclic amines) is 1. The molecule has 0 saturated carbocycles. The highest BCUT2D eigenvalue weighted by molar-refractivity contribution is 6.36. The number of benzene rings is 3. The first-order chi connectivity index (χ1) is 16.9. The number of nitrogens with zero attached hydrogens (tertiary/aromatic N) is 4. The van der Waals surface area contributed by atoms with Gasteiger partial charge < -0.3 is 14.8 Å². The van der Waals surface area contributed by atoms with Gasteiger partial charge in [0.25, 0.3) is 11.8 Å². The molecule has 0 spiro atoms. The summed E-state index contributed by atoms with van der Waals surface area (Å²) >= 11 is 0. The topological polar surface area (TPSA) is 81.7 Å². The highest BCUT2D eigenvalue weighted by atomic mass is 16.2. The van der Waals surface area contributed by atoms with E-state index in [0.29, 0.717) is 33.2 Å².